The maximum absolute atomic E-state index is 2.41. The normalized spacial score (nSPS) is 13.6. The van der Waals surface area contributed by atoms with Crippen molar-refractivity contribution in [2.75, 3.05) is 0 Å². The number of rotatable bonds is 2. The average Bonchev–Trinajstić information content (AvgIpc) is 2.90. The fourth-order valence-corrected chi connectivity index (χ4v) is 3.17. The number of hydrogen-bond donors (Lipinski definition) is 0. The van der Waals surface area contributed by atoms with E-state index in [9.17, 15) is 0 Å². The van der Waals surface area contributed by atoms with Crippen LogP contribution in [0.1, 0.15) is 51.3 Å². The van der Waals surface area contributed by atoms with Crippen LogP contribution in [-0.4, -0.2) is 0 Å². The van der Waals surface area contributed by atoms with Gasteiger partial charge in [-0.2, -0.15) is 0 Å². The summed E-state index contributed by atoms with van der Waals surface area (Å²) < 4.78 is 0. The largest absolute Gasteiger partial charge is 0.0626 e. The Morgan fingerprint density at radius 3 is 2.13 bits per heavy atom. The number of fused-ring (bicyclic) bond motifs is 1. The van der Waals surface area contributed by atoms with Gasteiger partial charge in [0.1, 0.15) is 0 Å². The third-order valence-electron chi connectivity index (χ3n) is 4.72. The first-order valence-corrected chi connectivity index (χ1v) is 8.29. The van der Waals surface area contributed by atoms with Crippen molar-refractivity contribution in [2.24, 2.45) is 5.92 Å². The summed E-state index contributed by atoms with van der Waals surface area (Å²) in [6, 6.07) is 15.8. The van der Waals surface area contributed by atoms with Crippen LogP contribution in [0.25, 0.3) is 17.2 Å². The van der Waals surface area contributed by atoms with Crippen LogP contribution < -0.4 is 0 Å². The van der Waals surface area contributed by atoms with E-state index in [2.05, 4.69) is 83.2 Å². The Bertz CT molecular complexity index is 713. The Kier molecular flexibility index (Phi) is 5.52. The molecule has 0 fully saturated rings. The smallest absolute Gasteiger partial charge is 0 e. The SMILES string of the molecule is CC(C)C1=Cc2c(cccc2-c2ccc(C(C)(C)C)cc2)C1.[Zr]. The molecular weight excluding hydrogens is 355 g/mol. The van der Waals surface area contributed by atoms with E-state index in [4.69, 9.17) is 0 Å². The van der Waals surface area contributed by atoms with E-state index in [1.54, 1.807) is 5.57 Å². The molecule has 0 saturated heterocycles. The van der Waals surface area contributed by atoms with Gasteiger partial charge in [-0.05, 0) is 45.6 Å². The summed E-state index contributed by atoms with van der Waals surface area (Å²) in [6.07, 6.45) is 3.52. The summed E-state index contributed by atoms with van der Waals surface area (Å²) in [5, 5.41) is 0. The minimum atomic E-state index is 0. The van der Waals surface area contributed by atoms with Gasteiger partial charge in [0.2, 0.25) is 0 Å². The number of hydrogen-bond acceptors (Lipinski definition) is 0. The molecule has 0 aromatic heterocycles. The van der Waals surface area contributed by atoms with Crippen LogP contribution in [0.4, 0.5) is 0 Å². The van der Waals surface area contributed by atoms with Gasteiger partial charge in [-0.3, -0.25) is 0 Å². The van der Waals surface area contributed by atoms with Crippen molar-refractivity contribution in [1.82, 2.24) is 0 Å². The molecule has 0 unspecified atom stereocenters. The molecule has 23 heavy (non-hydrogen) atoms. The van der Waals surface area contributed by atoms with Crippen LogP contribution in [0, 0.1) is 5.92 Å². The Labute approximate surface area is 160 Å². The van der Waals surface area contributed by atoms with Crippen molar-refractivity contribution in [3.63, 3.8) is 0 Å². The molecule has 0 heterocycles. The molecule has 0 nitrogen and oxygen atoms in total. The molecule has 2 aromatic carbocycles. The number of benzene rings is 2. The maximum Gasteiger partial charge on any atom is 0 e. The first-order chi connectivity index (χ1) is 10.4. The summed E-state index contributed by atoms with van der Waals surface area (Å²) in [7, 11) is 0. The van der Waals surface area contributed by atoms with E-state index in [1.807, 2.05) is 0 Å². The zero-order valence-corrected chi connectivity index (χ0v) is 17.4. The monoisotopic (exact) mass is 380 g/mol. The fraction of sp³-hybridized carbons (Fsp3) is 0.364. The summed E-state index contributed by atoms with van der Waals surface area (Å²) in [6.45, 7) is 11.4. The Morgan fingerprint density at radius 2 is 1.57 bits per heavy atom. The summed E-state index contributed by atoms with van der Waals surface area (Å²) in [5.74, 6) is 0.628. The molecule has 0 saturated carbocycles. The van der Waals surface area contributed by atoms with Gasteiger partial charge < -0.3 is 0 Å². The zero-order valence-electron chi connectivity index (χ0n) is 14.9. The van der Waals surface area contributed by atoms with Crippen molar-refractivity contribution in [3.05, 3.63) is 64.7 Å². The topological polar surface area (TPSA) is 0 Å². The first kappa shape index (κ1) is 18.4. The molecule has 0 N–H and O–H groups in total. The van der Waals surface area contributed by atoms with Crippen LogP contribution in [-0.2, 0) is 38.0 Å². The Hall–Kier alpha value is -0.937. The molecule has 0 amide bonds. The first-order valence-electron chi connectivity index (χ1n) is 8.29. The van der Waals surface area contributed by atoms with Crippen LogP contribution in [0.15, 0.2) is 48.0 Å². The second kappa shape index (κ2) is 6.90. The molecule has 1 aliphatic carbocycles. The van der Waals surface area contributed by atoms with E-state index in [0.29, 0.717) is 5.92 Å². The van der Waals surface area contributed by atoms with Crippen molar-refractivity contribution in [2.45, 2.75) is 46.5 Å². The molecule has 1 heteroatoms. The van der Waals surface area contributed by atoms with Crippen molar-refractivity contribution >= 4 is 6.08 Å². The molecule has 0 spiro atoms. The molecule has 0 aliphatic heterocycles. The van der Waals surface area contributed by atoms with E-state index in [1.165, 1.54) is 27.8 Å². The van der Waals surface area contributed by atoms with Crippen molar-refractivity contribution in [1.29, 1.82) is 0 Å². The van der Waals surface area contributed by atoms with Gasteiger partial charge >= 0.3 is 0 Å². The standard InChI is InChI=1S/C22H26.Zr/c1-15(2)18-13-17-7-6-8-20(21(17)14-18)16-9-11-19(12-10-16)22(3,4)5;/h6-12,14-15H,13H2,1-5H3;. The van der Waals surface area contributed by atoms with E-state index < -0.39 is 0 Å². The third-order valence-corrected chi connectivity index (χ3v) is 4.72. The van der Waals surface area contributed by atoms with Crippen LogP contribution in [0.2, 0.25) is 0 Å². The van der Waals surface area contributed by atoms with Crippen LogP contribution in [0.5, 0.6) is 0 Å². The molecule has 1 aliphatic rings. The van der Waals surface area contributed by atoms with Crippen LogP contribution >= 0.6 is 0 Å². The second-order valence-electron chi connectivity index (χ2n) is 7.76. The molecule has 0 bridgehead atoms. The van der Waals surface area contributed by atoms with Gasteiger partial charge in [0.15, 0.2) is 0 Å². The fourth-order valence-electron chi connectivity index (χ4n) is 3.17. The summed E-state index contributed by atoms with van der Waals surface area (Å²) in [5.41, 5.74) is 8.74. The van der Waals surface area contributed by atoms with E-state index in [-0.39, 0.29) is 31.6 Å². The second-order valence-corrected chi connectivity index (χ2v) is 7.76. The quantitative estimate of drug-likeness (QED) is 0.577. The molecular formula is C22H26Zr. The van der Waals surface area contributed by atoms with Crippen LogP contribution in [0.3, 0.4) is 0 Å². The van der Waals surface area contributed by atoms with Gasteiger partial charge in [0.05, 0.1) is 0 Å². The van der Waals surface area contributed by atoms with Crippen molar-refractivity contribution in [3.8, 4) is 11.1 Å². The third kappa shape index (κ3) is 3.77. The molecule has 3 rings (SSSR count). The summed E-state index contributed by atoms with van der Waals surface area (Å²) >= 11 is 0. The summed E-state index contributed by atoms with van der Waals surface area (Å²) in [4.78, 5) is 0. The van der Waals surface area contributed by atoms with Crippen molar-refractivity contribution < 1.29 is 26.2 Å². The maximum atomic E-state index is 2.41. The van der Waals surface area contributed by atoms with Gasteiger partial charge in [-0.1, -0.05) is 88.7 Å². The van der Waals surface area contributed by atoms with Gasteiger partial charge in [-0.15, -0.1) is 0 Å². The predicted octanol–water partition coefficient (Wildman–Crippen LogP) is 6.24. The molecule has 2 aromatic rings. The predicted molar refractivity (Wildman–Crippen MR) is 97.1 cm³/mol. The molecule has 118 valence electrons. The minimum Gasteiger partial charge on any atom is -0.0626 e. The minimum absolute atomic E-state index is 0. The Balaban J connectivity index is 0.00000192. The average molecular weight is 382 g/mol. The zero-order chi connectivity index (χ0) is 15.9. The number of allylic oxidation sites excluding steroid dienone is 1. The molecule has 0 atom stereocenters. The van der Waals surface area contributed by atoms with Gasteiger partial charge in [0.25, 0.3) is 0 Å². The van der Waals surface area contributed by atoms with Gasteiger partial charge in [-0.25, -0.2) is 0 Å². The Morgan fingerprint density at radius 1 is 0.913 bits per heavy atom. The van der Waals surface area contributed by atoms with E-state index >= 15 is 0 Å². The van der Waals surface area contributed by atoms with Gasteiger partial charge in [0, 0.05) is 26.2 Å². The molecule has 0 radical (unpaired) electrons. The van der Waals surface area contributed by atoms with E-state index in [0.717, 1.165) is 6.42 Å².